The molecule has 2 aromatic carbocycles. The van der Waals surface area contributed by atoms with E-state index in [1.807, 2.05) is 25.2 Å². The summed E-state index contributed by atoms with van der Waals surface area (Å²) in [5, 5.41) is 4.30. The zero-order valence-corrected chi connectivity index (χ0v) is 14.2. The maximum Gasteiger partial charge on any atom is 0.130 e. The lowest BCUT2D eigenvalue weighted by atomic mass is 10.1. The molecule has 106 valence electrons. The summed E-state index contributed by atoms with van der Waals surface area (Å²) in [5.41, 5.74) is 1.17. The molecule has 1 N–H and O–H groups in total. The summed E-state index contributed by atoms with van der Waals surface area (Å²) < 4.78 is 6.76. The monoisotopic (exact) mass is 373 g/mol. The quantitative estimate of drug-likeness (QED) is 0.726. The molecule has 0 aliphatic rings. The lowest BCUT2D eigenvalue weighted by molar-refractivity contribution is 0.481. The van der Waals surface area contributed by atoms with E-state index in [1.54, 1.807) is 18.2 Å². The van der Waals surface area contributed by atoms with E-state index < -0.39 is 0 Å². The zero-order valence-electron chi connectivity index (χ0n) is 11.1. The summed E-state index contributed by atoms with van der Waals surface area (Å²) in [6, 6.07) is 11.3. The smallest absolute Gasteiger partial charge is 0.130 e. The Bertz CT molecular complexity index is 599. The molecule has 0 fully saturated rings. The Morgan fingerprint density at radius 3 is 2.25 bits per heavy atom. The van der Waals surface area contributed by atoms with Crippen LogP contribution in [0.4, 0.5) is 0 Å². The maximum atomic E-state index is 5.95. The van der Waals surface area contributed by atoms with Crippen LogP contribution in [0.25, 0.3) is 0 Å². The SMILES string of the molecule is CNC(C)c1ccc(Oc2cc(Cl)cc(Cl)c2)cc1Br. The molecule has 0 heterocycles. The van der Waals surface area contributed by atoms with Crippen LogP contribution in [0, 0.1) is 0 Å². The molecule has 20 heavy (non-hydrogen) atoms. The van der Waals surface area contributed by atoms with Crippen molar-refractivity contribution >= 4 is 39.1 Å². The van der Waals surface area contributed by atoms with Crippen LogP contribution in [0.2, 0.25) is 10.0 Å². The van der Waals surface area contributed by atoms with Crippen molar-refractivity contribution in [3.8, 4) is 11.5 Å². The summed E-state index contributed by atoms with van der Waals surface area (Å²) in [4.78, 5) is 0. The number of ether oxygens (including phenoxy) is 1. The molecule has 2 rings (SSSR count). The van der Waals surface area contributed by atoms with Gasteiger partial charge in [0.25, 0.3) is 0 Å². The van der Waals surface area contributed by atoms with Gasteiger partial charge in [-0.15, -0.1) is 0 Å². The van der Waals surface area contributed by atoms with Gasteiger partial charge in [-0.05, 0) is 49.9 Å². The van der Waals surface area contributed by atoms with Crippen LogP contribution >= 0.6 is 39.1 Å². The van der Waals surface area contributed by atoms with Gasteiger partial charge in [0.2, 0.25) is 0 Å². The first-order valence-electron chi connectivity index (χ1n) is 6.10. The molecule has 1 atom stereocenters. The molecule has 0 amide bonds. The number of hydrogen-bond donors (Lipinski definition) is 1. The van der Waals surface area contributed by atoms with Gasteiger partial charge < -0.3 is 10.1 Å². The molecular weight excluding hydrogens is 361 g/mol. The predicted octanol–water partition coefficient (Wildman–Crippen LogP) is 5.83. The second-order valence-electron chi connectivity index (χ2n) is 4.40. The highest BCUT2D eigenvalue weighted by molar-refractivity contribution is 9.10. The molecule has 2 nitrogen and oxygen atoms in total. The Balaban J connectivity index is 2.24. The Hall–Kier alpha value is -0.740. The average Bonchev–Trinajstić information content (AvgIpc) is 2.36. The van der Waals surface area contributed by atoms with E-state index in [-0.39, 0.29) is 6.04 Å². The van der Waals surface area contributed by atoms with E-state index in [9.17, 15) is 0 Å². The van der Waals surface area contributed by atoms with Crippen LogP contribution in [0.5, 0.6) is 11.5 Å². The van der Waals surface area contributed by atoms with Gasteiger partial charge in [-0.3, -0.25) is 0 Å². The van der Waals surface area contributed by atoms with Crippen molar-refractivity contribution in [2.24, 2.45) is 0 Å². The van der Waals surface area contributed by atoms with Crippen LogP contribution in [-0.2, 0) is 0 Å². The molecule has 0 aliphatic heterocycles. The molecule has 1 unspecified atom stereocenters. The molecule has 0 aromatic heterocycles. The first-order valence-corrected chi connectivity index (χ1v) is 7.65. The first kappa shape index (κ1) is 15.6. The summed E-state index contributed by atoms with van der Waals surface area (Å²) in [5.74, 6) is 1.34. The topological polar surface area (TPSA) is 21.3 Å². The van der Waals surface area contributed by atoms with Crippen molar-refractivity contribution < 1.29 is 4.74 Å². The Morgan fingerprint density at radius 2 is 1.70 bits per heavy atom. The molecular formula is C15H14BrCl2NO. The summed E-state index contributed by atoms with van der Waals surface area (Å²) in [7, 11) is 1.93. The van der Waals surface area contributed by atoms with E-state index in [0.29, 0.717) is 15.8 Å². The highest BCUT2D eigenvalue weighted by Gasteiger charge is 2.09. The molecule has 0 bridgehead atoms. The summed E-state index contributed by atoms with van der Waals surface area (Å²) >= 11 is 15.5. The number of nitrogens with one attached hydrogen (secondary N) is 1. The molecule has 0 aliphatic carbocycles. The summed E-state index contributed by atoms with van der Waals surface area (Å²) in [6.45, 7) is 2.09. The molecule has 0 spiro atoms. The van der Waals surface area contributed by atoms with Crippen molar-refractivity contribution in [1.82, 2.24) is 5.32 Å². The normalized spacial score (nSPS) is 12.2. The van der Waals surface area contributed by atoms with Crippen molar-refractivity contribution in [2.75, 3.05) is 7.05 Å². The van der Waals surface area contributed by atoms with Gasteiger partial charge >= 0.3 is 0 Å². The van der Waals surface area contributed by atoms with E-state index in [0.717, 1.165) is 10.2 Å². The second-order valence-corrected chi connectivity index (χ2v) is 6.13. The molecule has 2 aromatic rings. The van der Waals surface area contributed by atoms with Crippen molar-refractivity contribution in [1.29, 1.82) is 0 Å². The standard InChI is InChI=1S/C15H14BrCl2NO/c1-9(19-2)14-4-3-12(8-15(14)16)20-13-6-10(17)5-11(18)7-13/h3-9,19H,1-2H3. The third-order valence-electron chi connectivity index (χ3n) is 2.94. The maximum absolute atomic E-state index is 5.95. The summed E-state index contributed by atoms with van der Waals surface area (Å²) in [6.07, 6.45) is 0. The fourth-order valence-corrected chi connectivity index (χ4v) is 3.01. The van der Waals surface area contributed by atoms with Crippen LogP contribution in [0.1, 0.15) is 18.5 Å². The Morgan fingerprint density at radius 1 is 1.05 bits per heavy atom. The second kappa shape index (κ2) is 6.81. The van der Waals surface area contributed by atoms with E-state index in [1.165, 1.54) is 5.56 Å². The van der Waals surface area contributed by atoms with Crippen LogP contribution in [-0.4, -0.2) is 7.05 Å². The molecule has 0 saturated carbocycles. The lowest BCUT2D eigenvalue weighted by Gasteiger charge is -2.14. The van der Waals surface area contributed by atoms with Crippen molar-refractivity contribution in [2.45, 2.75) is 13.0 Å². The van der Waals surface area contributed by atoms with E-state index in [4.69, 9.17) is 27.9 Å². The molecule has 0 saturated heterocycles. The fourth-order valence-electron chi connectivity index (χ4n) is 1.80. The Labute approximate surface area is 137 Å². The molecule has 0 radical (unpaired) electrons. The number of rotatable bonds is 4. The average molecular weight is 375 g/mol. The van der Waals surface area contributed by atoms with Gasteiger partial charge in [-0.25, -0.2) is 0 Å². The van der Waals surface area contributed by atoms with Crippen molar-refractivity contribution in [3.63, 3.8) is 0 Å². The third-order valence-corrected chi connectivity index (χ3v) is 4.07. The zero-order chi connectivity index (χ0) is 14.7. The minimum absolute atomic E-state index is 0.263. The van der Waals surface area contributed by atoms with Crippen LogP contribution in [0.15, 0.2) is 40.9 Å². The van der Waals surface area contributed by atoms with Gasteiger partial charge in [0.05, 0.1) is 0 Å². The van der Waals surface area contributed by atoms with Gasteiger partial charge in [0.1, 0.15) is 11.5 Å². The number of benzene rings is 2. The number of halogens is 3. The van der Waals surface area contributed by atoms with Gasteiger partial charge in [-0.1, -0.05) is 45.2 Å². The van der Waals surface area contributed by atoms with Crippen molar-refractivity contribution in [3.05, 3.63) is 56.5 Å². The lowest BCUT2D eigenvalue weighted by Crippen LogP contribution is -2.12. The van der Waals surface area contributed by atoms with Gasteiger partial charge in [0, 0.05) is 20.6 Å². The Kier molecular flexibility index (Phi) is 5.33. The largest absolute Gasteiger partial charge is 0.457 e. The minimum Gasteiger partial charge on any atom is -0.457 e. The number of hydrogen-bond acceptors (Lipinski definition) is 2. The third kappa shape index (κ3) is 3.89. The van der Waals surface area contributed by atoms with Crippen LogP contribution < -0.4 is 10.1 Å². The highest BCUT2D eigenvalue weighted by atomic mass is 79.9. The fraction of sp³-hybridized carbons (Fsp3) is 0.200. The predicted molar refractivity (Wildman–Crippen MR) is 88.2 cm³/mol. The van der Waals surface area contributed by atoms with Gasteiger partial charge in [0.15, 0.2) is 0 Å². The minimum atomic E-state index is 0.263. The van der Waals surface area contributed by atoms with E-state index in [2.05, 4.69) is 28.2 Å². The highest BCUT2D eigenvalue weighted by Crippen LogP contribution is 2.32. The van der Waals surface area contributed by atoms with Gasteiger partial charge in [-0.2, -0.15) is 0 Å². The van der Waals surface area contributed by atoms with E-state index >= 15 is 0 Å². The first-order chi connectivity index (χ1) is 9.49. The molecule has 5 heteroatoms. The van der Waals surface area contributed by atoms with Crippen LogP contribution in [0.3, 0.4) is 0 Å².